The molecule has 0 unspecified atom stereocenters. The maximum atomic E-state index is 12.0. The van der Waals surface area contributed by atoms with E-state index in [1.165, 1.54) is 0 Å². The summed E-state index contributed by atoms with van der Waals surface area (Å²) in [4.78, 5) is 12.0. The van der Waals surface area contributed by atoms with Gasteiger partial charge in [0.1, 0.15) is 0 Å². The second-order valence-electron chi connectivity index (χ2n) is 5.41. The molecule has 1 aliphatic rings. The number of nitrogens with one attached hydrogen (secondary N) is 2. The molecule has 1 aromatic heterocycles. The molecule has 24 heavy (non-hydrogen) atoms. The molecule has 4 rings (SSSR count). The van der Waals surface area contributed by atoms with E-state index in [-0.39, 0.29) is 18.0 Å². The minimum atomic E-state index is -0.335. The Bertz CT molecular complexity index is 970. The minimum absolute atomic E-state index is 0.197. The van der Waals surface area contributed by atoms with Crippen molar-refractivity contribution in [3.63, 3.8) is 0 Å². The molecule has 0 spiro atoms. The molecule has 0 aliphatic carbocycles. The van der Waals surface area contributed by atoms with Crippen molar-refractivity contribution < 1.29 is 9.47 Å². The average molecular weight is 322 g/mol. The Morgan fingerprint density at radius 1 is 0.958 bits per heavy atom. The highest BCUT2D eigenvalue weighted by Crippen LogP contribution is 2.37. The van der Waals surface area contributed by atoms with Crippen LogP contribution in [0.5, 0.6) is 11.5 Å². The number of aromatic amines is 2. The van der Waals surface area contributed by atoms with Crippen molar-refractivity contribution in [3.05, 3.63) is 58.4 Å². The molecule has 0 fully saturated rings. The molecule has 7 heteroatoms. The third kappa shape index (κ3) is 2.56. The first-order chi connectivity index (χ1) is 11.7. The summed E-state index contributed by atoms with van der Waals surface area (Å²) < 4.78 is 10.7. The van der Waals surface area contributed by atoms with E-state index in [2.05, 4.69) is 20.4 Å². The fraction of sp³-hybridized carbons (Fsp3) is 0.118. The summed E-state index contributed by atoms with van der Waals surface area (Å²) in [5.74, 6) is 1.32. The molecular formula is C17H14N4O3. The smallest absolute Gasteiger partial charge is 0.292 e. The molecule has 7 nitrogen and oxygen atoms in total. The van der Waals surface area contributed by atoms with Crippen molar-refractivity contribution in [1.29, 1.82) is 0 Å². The monoisotopic (exact) mass is 322 g/mol. The van der Waals surface area contributed by atoms with Gasteiger partial charge in [-0.1, -0.05) is 17.7 Å². The van der Waals surface area contributed by atoms with Gasteiger partial charge in [0, 0.05) is 5.56 Å². The van der Waals surface area contributed by atoms with Gasteiger partial charge < -0.3 is 9.47 Å². The van der Waals surface area contributed by atoms with Crippen LogP contribution in [-0.2, 0) is 0 Å². The van der Waals surface area contributed by atoms with E-state index in [0.29, 0.717) is 22.9 Å². The number of hydrogen-bond donors (Lipinski definition) is 2. The van der Waals surface area contributed by atoms with Crippen LogP contribution in [0.3, 0.4) is 0 Å². The zero-order valence-electron chi connectivity index (χ0n) is 12.9. The van der Waals surface area contributed by atoms with Crippen molar-refractivity contribution in [2.75, 3.05) is 6.79 Å². The van der Waals surface area contributed by atoms with Crippen molar-refractivity contribution in [3.8, 4) is 22.8 Å². The molecule has 2 heterocycles. The van der Waals surface area contributed by atoms with Crippen LogP contribution in [0.15, 0.2) is 57.5 Å². The van der Waals surface area contributed by atoms with E-state index < -0.39 is 0 Å². The van der Waals surface area contributed by atoms with Gasteiger partial charge in [0.2, 0.25) is 6.79 Å². The Morgan fingerprint density at radius 2 is 1.75 bits per heavy atom. The van der Waals surface area contributed by atoms with E-state index in [0.717, 1.165) is 11.1 Å². The van der Waals surface area contributed by atoms with Crippen LogP contribution in [0.25, 0.3) is 11.3 Å². The van der Waals surface area contributed by atoms with Crippen molar-refractivity contribution in [2.45, 2.75) is 6.92 Å². The zero-order chi connectivity index (χ0) is 16.5. The van der Waals surface area contributed by atoms with Gasteiger partial charge >= 0.3 is 0 Å². The highest BCUT2D eigenvalue weighted by atomic mass is 16.7. The van der Waals surface area contributed by atoms with Crippen LogP contribution in [0.2, 0.25) is 0 Å². The number of aryl methyl sites for hydroxylation is 1. The third-order valence-electron chi connectivity index (χ3n) is 3.71. The second kappa shape index (κ2) is 5.69. The maximum Gasteiger partial charge on any atom is 0.292 e. The molecule has 0 bridgehead atoms. The van der Waals surface area contributed by atoms with E-state index >= 15 is 0 Å². The Morgan fingerprint density at radius 3 is 2.58 bits per heavy atom. The summed E-state index contributed by atoms with van der Waals surface area (Å²) in [6.45, 7) is 2.19. The molecule has 3 aromatic rings. The van der Waals surface area contributed by atoms with Gasteiger partial charge in [-0.25, -0.2) is 0 Å². The predicted octanol–water partition coefficient (Wildman–Crippen LogP) is 3.82. The van der Waals surface area contributed by atoms with Gasteiger partial charge in [0.15, 0.2) is 17.2 Å². The van der Waals surface area contributed by atoms with Gasteiger partial charge in [0.25, 0.3) is 5.56 Å². The molecular weight excluding hydrogens is 308 g/mol. The highest BCUT2D eigenvalue weighted by Gasteiger charge is 2.17. The largest absolute Gasteiger partial charge is 0.454 e. The quantitative estimate of drug-likeness (QED) is 0.718. The Hall–Kier alpha value is -3.35. The number of aromatic nitrogens is 2. The van der Waals surface area contributed by atoms with Crippen molar-refractivity contribution in [1.82, 2.24) is 10.2 Å². The fourth-order valence-electron chi connectivity index (χ4n) is 2.43. The summed E-state index contributed by atoms with van der Waals surface area (Å²) in [6.07, 6.45) is 0. The molecule has 0 atom stereocenters. The predicted molar refractivity (Wildman–Crippen MR) is 88.3 cm³/mol. The molecule has 0 saturated heterocycles. The van der Waals surface area contributed by atoms with Crippen molar-refractivity contribution >= 4 is 11.4 Å². The van der Waals surface area contributed by atoms with Gasteiger partial charge in [-0.15, -0.1) is 5.11 Å². The highest BCUT2D eigenvalue weighted by molar-refractivity contribution is 5.73. The number of hydrogen-bond acceptors (Lipinski definition) is 5. The van der Waals surface area contributed by atoms with Gasteiger partial charge in [-0.2, -0.15) is 5.11 Å². The number of nitrogens with zero attached hydrogens (tertiary/aromatic N) is 2. The van der Waals surface area contributed by atoms with E-state index in [4.69, 9.17) is 9.47 Å². The summed E-state index contributed by atoms with van der Waals surface area (Å²) in [7, 11) is 0. The molecule has 1 aliphatic heterocycles. The molecule has 2 aromatic carbocycles. The first-order valence-electron chi connectivity index (χ1n) is 7.40. The van der Waals surface area contributed by atoms with Crippen LogP contribution in [0, 0.1) is 6.92 Å². The Labute approximate surface area is 137 Å². The first kappa shape index (κ1) is 14.3. The van der Waals surface area contributed by atoms with Gasteiger partial charge in [0.05, 0.1) is 11.4 Å². The number of benzene rings is 2. The summed E-state index contributed by atoms with van der Waals surface area (Å²) in [5, 5.41) is 13.6. The minimum Gasteiger partial charge on any atom is -0.454 e. The Balaban J connectivity index is 1.71. The molecule has 0 saturated carbocycles. The SMILES string of the molecule is Cc1ccc(N=Nc2c(-c3ccc4c(c3)OCO4)[nH][nH]c2=O)cc1. The molecule has 120 valence electrons. The fourth-order valence-corrected chi connectivity index (χ4v) is 2.43. The van der Waals surface area contributed by atoms with E-state index in [9.17, 15) is 4.79 Å². The van der Waals surface area contributed by atoms with E-state index in [1.54, 1.807) is 12.1 Å². The molecule has 0 amide bonds. The van der Waals surface area contributed by atoms with E-state index in [1.807, 2.05) is 37.3 Å². The molecule has 2 N–H and O–H groups in total. The number of azo groups is 1. The Kier molecular flexibility index (Phi) is 3.38. The average Bonchev–Trinajstić information content (AvgIpc) is 3.20. The van der Waals surface area contributed by atoms with Gasteiger partial charge in [-0.05, 0) is 37.3 Å². The zero-order valence-corrected chi connectivity index (χ0v) is 12.9. The number of ether oxygens (including phenoxy) is 2. The summed E-state index contributed by atoms with van der Waals surface area (Å²) >= 11 is 0. The first-order valence-corrected chi connectivity index (χ1v) is 7.40. The number of H-pyrrole nitrogens is 2. The topological polar surface area (TPSA) is 91.8 Å². The van der Waals surface area contributed by atoms with Crippen LogP contribution in [-0.4, -0.2) is 17.0 Å². The number of fused-ring (bicyclic) bond motifs is 1. The lowest BCUT2D eigenvalue weighted by Gasteiger charge is -2.01. The molecule has 0 radical (unpaired) electrons. The van der Waals surface area contributed by atoms with Crippen molar-refractivity contribution in [2.24, 2.45) is 10.2 Å². The number of rotatable bonds is 3. The second-order valence-corrected chi connectivity index (χ2v) is 5.41. The summed E-state index contributed by atoms with van der Waals surface area (Å²) in [5.41, 5.74) is 3.00. The lowest BCUT2D eigenvalue weighted by Crippen LogP contribution is -1.96. The third-order valence-corrected chi connectivity index (χ3v) is 3.71. The lowest BCUT2D eigenvalue weighted by atomic mass is 10.1. The lowest BCUT2D eigenvalue weighted by molar-refractivity contribution is 0.174. The maximum absolute atomic E-state index is 12.0. The van der Waals surface area contributed by atoms with Crippen LogP contribution in [0.4, 0.5) is 11.4 Å². The van der Waals surface area contributed by atoms with Gasteiger partial charge in [-0.3, -0.25) is 15.0 Å². The summed E-state index contributed by atoms with van der Waals surface area (Å²) in [6, 6.07) is 13.0. The van der Waals surface area contributed by atoms with Crippen LogP contribution in [0.1, 0.15) is 5.56 Å². The standard InChI is InChI=1S/C17H14N4O3/c1-10-2-5-12(6-3-10)18-20-16-15(19-21-17(16)22)11-4-7-13-14(8-11)24-9-23-13/h2-8H,9H2,1H3,(H2,19,21,22). The normalized spacial score (nSPS) is 12.9. The van der Waals surface area contributed by atoms with Crippen LogP contribution < -0.4 is 15.0 Å². The van der Waals surface area contributed by atoms with Crippen LogP contribution >= 0.6 is 0 Å².